The lowest BCUT2D eigenvalue weighted by molar-refractivity contribution is 0.0522. The quantitative estimate of drug-likeness (QED) is 0.812. The van der Waals surface area contributed by atoms with Crippen molar-refractivity contribution in [1.82, 2.24) is 15.5 Å². The largest absolute Gasteiger partial charge is 0.444 e. The van der Waals surface area contributed by atoms with Gasteiger partial charge in [-0.3, -0.25) is 0 Å². The number of ether oxygens (including phenoxy) is 1. The number of nitrogens with zero attached hydrogens (tertiary/aromatic N) is 1. The average molecular weight is 269 g/mol. The Bertz CT molecular complexity index is 330. The van der Waals surface area contributed by atoms with Crippen LogP contribution in [0, 0.1) is 0 Å². The van der Waals surface area contributed by atoms with Crippen molar-refractivity contribution in [3.8, 4) is 0 Å². The molecule has 2 rings (SSSR count). The third-order valence-electron chi connectivity index (χ3n) is 3.83. The van der Waals surface area contributed by atoms with Crippen molar-refractivity contribution in [2.24, 2.45) is 0 Å². The van der Waals surface area contributed by atoms with Crippen LogP contribution in [0.4, 0.5) is 4.79 Å². The van der Waals surface area contributed by atoms with Gasteiger partial charge in [0.05, 0.1) is 0 Å². The van der Waals surface area contributed by atoms with Gasteiger partial charge in [-0.15, -0.1) is 0 Å². The molecule has 0 aromatic rings. The van der Waals surface area contributed by atoms with Crippen LogP contribution in [-0.2, 0) is 4.74 Å². The highest BCUT2D eigenvalue weighted by Crippen LogP contribution is 2.25. The smallest absolute Gasteiger partial charge is 0.407 e. The van der Waals surface area contributed by atoms with Crippen molar-refractivity contribution in [2.45, 2.75) is 70.3 Å². The van der Waals surface area contributed by atoms with Gasteiger partial charge in [0.15, 0.2) is 0 Å². The first kappa shape index (κ1) is 14.6. The Hall–Kier alpha value is -0.810. The summed E-state index contributed by atoms with van der Waals surface area (Å²) in [4.78, 5) is 14.0. The number of nitrogens with one attached hydrogen (secondary N) is 2. The number of carbonyl (C=O) groups is 1. The van der Waals surface area contributed by atoms with E-state index < -0.39 is 5.60 Å². The molecule has 1 saturated heterocycles. The van der Waals surface area contributed by atoms with Crippen LogP contribution in [0.3, 0.4) is 0 Å². The first-order valence-electron chi connectivity index (χ1n) is 7.20. The topological polar surface area (TPSA) is 53.6 Å². The lowest BCUT2D eigenvalue weighted by atomic mass is 10.2. The summed E-state index contributed by atoms with van der Waals surface area (Å²) in [5, 5.41) is 6.54. The van der Waals surface area contributed by atoms with Crippen molar-refractivity contribution in [3.63, 3.8) is 0 Å². The van der Waals surface area contributed by atoms with Gasteiger partial charge in [0, 0.05) is 30.7 Å². The van der Waals surface area contributed by atoms with Crippen LogP contribution in [0.1, 0.15) is 40.5 Å². The summed E-state index contributed by atoms with van der Waals surface area (Å²) in [6.45, 7) is 8.99. The maximum Gasteiger partial charge on any atom is 0.407 e. The van der Waals surface area contributed by atoms with Crippen molar-refractivity contribution in [1.29, 1.82) is 0 Å². The van der Waals surface area contributed by atoms with E-state index >= 15 is 0 Å². The Morgan fingerprint density at radius 3 is 2.47 bits per heavy atom. The summed E-state index contributed by atoms with van der Waals surface area (Å²) >= 11 is 0. The molecule has 1 amide bonds. The standard InChI is InChI=1S/C14H27N3O2/c1-9-6-10(8-17(9)5)15-11-7-12(11)16-13(18)19-14(2,3)4/h9-12,15H,6-8H2,1-5H3,(H,16,18). The van der Waals surface area contributed by atoms with Gasteiger partial charge >= 0.3 is 6.09 Å². The first-order valence-corrected chi connectivity index (χ1v) is 7.20. The molecule has 0 spiro atoms. The number of likely N-dealkylation sites (tertiary alicyclic amines) is 1. The van der Waals surface area contributed by atoms with Crippen LogP contribution in [-0.4, -0.2) is 54.4 Å². The summed E-state index contributed by atoms with van der Waals surface area (Å²) in [5.74, 6) is 0. The molecule has 5 heteroatoms. The molecule has 1 heterocycles. The second-order valence-electron chi connectivity index (χ2n) is 6.98. The zero-order valence-corrected chi connectivity index (χ0v) is 12.7. The molecule has 19 heavy (non-hydrogen) atoms. The maximum absolute atomic E-state index is 11.6. The van der Waals surface area contributed by atoms with E-state index in [0.717, 1.165) is 13.0 Å². The van der Waals surface area contributed by atoms with Crippen LogP contribution in [0.15, 0.2) is 0 Å². The molecule has 2 fully saturated rings. The monoisotopic (exact) mass is 269 g/mol. The predicted octanol–water partition coefficient (Wildman–Crippen LogP) is 1.33. The van der Waals surface area contributed by atoms with E-state index in [1.54, 1.807) is 0 Å². The fourth-order valence-corrected chi connectivity index (χ4v) is 2.61. The summed E-state index contributed by atoms with van der Waals surface area (Å²) in [5.41, 5.74) is -0.425. The lowest BCUT2D eigenvalue weighted by Gasteiger charge is -2.20. The second-order valence-corrected chi connectivity index (χ2v) is 6.98. The summed E-state index contributed by atoms with van der Waals surface area (Å²) in [6, 6.07) is 1.84. The van der Waals surface area contributed by atoms with Gasteiger partial charge in [0.1, 0.15) is 5.60 Å². The highest BCUT2D eigenvalue weighted by Gasteiger charge is 2.41. The summed E-state index contributed by atoms with van der Waals surface area (Å²) in [7, 11) is 2.16. The van der Waals surface area contributed by atoms with Crippen molar-refractivity contribution in [3.05, 3.63) is 0 Å². The molecule has 110 valence electrons. The molecule has 4 atom stereocenters. The van der Waals surface area contributed by atoms with Crippen LogP contribution in [0.2, 0.25) is 0 Å². The fraction of sp³-hybridized carbons (Fsp3) is 0.929. The fourth-order valence-electron chi connectivity index (χ4n) is 2.61. The zero-order valence-electron chi connectivity index (χ0n) is 12.7. The molecule has 1 aliphatic heterocycles. The van der Waals surface area contributed by atoms with Gasteiger partial charge in [0.2, 0.25) is 0 Å². The Morgan fingerprint density at radius 2 is 1.95 bits per heavy atom. The molecule has 4 unspecified atom stereocenters. The third kappa shape index (κ3) is 4.35. The van der Waals surface area contributed by atoms with Crippen molar-refractivity contribution >= 4 is 6.09 Å². The molecule has 1 aliphatic carbocycles. The SMILES string of the molecule is CC1CC(NC2CC2NC(=O)OC(C)(C)C)CN1C. The summed E-state index contributed by atoms with van der Waals surface area (Å²) < 4.78 is 5.25. The molecule has 0 bridgehead atoms. The van der Waals surface area contributed by atoms with Gasteiger partial charge in [-0.2, -0.15) is 0 Å². The minimum absolute atomic E-state index is 0.232. The molecule has 0 radical (unpaired) electrons. The number of hydrogen-bond donors (Lipinski definition) is 2. The molecule has 0 aromatic carbocycles. The van der Waals surface area contributed by atoms with E-state index in [2.05, 4.69) is 29.5 Å². The van der Waals surface area contributed by atoms with Gasteiger partial charge < -0.3 is 20.3 Å². The zero-order chi connectivity index (χ0) is 14.2. The first-order chi connectivity index (χ1) is 8.74. The highest BCUT2D eigenvalue weighted by atomic mass is 16.6. The van der Waals surface area contributed by atoms with E-state index in [0.29, 0.717) is 18.1 Å². The number of rotatable bonds is 3. The molecule has 2 aliphatic rings. The summed E-state index contributed by atoms with van der Waals surface area (Å²) in [6.07, 6.45) is 1.89. The van der Waals surface area contributed by atoms with Gasteiger partial charge in [0.25, 0.3) is 0 Å². The third-order valence-corrected chi connectivity index (χ3v) is 3.83. The maximum atomic E-state index is 11.6. The van der Waals surface area contributed by atoms with E-state index in [1.807, 2.05) is 20.8 Å². The van der Waals surface area contributed by atoms with Crippen molar-refractivity contribution < 1.29 is 9.53 Å². The normalized spacial score (nSPS) is 35.2. The molecular weight excluding hydrogens is 242 g/mol. The van der Waals surface area contributed by atoms with Gasteiger partial charge in [-0.1, -0.05) is 0 Å². The number of hydrogen-bond acceptors (Lipinski definition) is 4. The molecule has 2 N–H and O–H groups in total. The Morgan fingerprint density at radius 1 is 1.26 bits per heavy atom. The minimum atomic E-state index is -0.425. The van der Waals surface area contributed by atoms with E-state index in [4.69, 9.17) is 4.74 Å². The molecule has 0 aromatic heterocycles. The van der Waals surface area contributed by atoms with Crippen molar-refractivity contribution in [2.75, 3.05) is 13.6 Å². The second kappa shape index (κ2) is 5.29. The number of likely N-dealkylation sites (N-methyl/N-ethyl adjacent to an activating group) is 1. The van der Waals surface area contributed by atoms with Gasteiger partial charge in [-0.25, -0.2) is 4.79 Å². The van der Waals surface area contributed by atoms with E-state index in [-0.39, 0.29) is 12.1 Å². The molecule has 5 nitrogen and oxygen atoms in total. The minimum Gasteiger partial charge on any atom is -0.444 e. The average Bonchev–Trinajstić information content (AvgIpc) is 2.83. The van der Waals surface area contributed by atoms with Crippen LogP contribution < -0.4 is 10.6 Å². The van der Waals surface area contributed by atoms with E-state index in [1.165, 1.54) is 6.42 Å². The number of amides is 1. The van der Waals surface area contributed by atoms with E-state index in [9.17, 15) is 4.79 Å². The highest BCUT2D eigenvalue weighted by molar-refractivity contribution is 5.68. The van der Waals surface area contributed by atoms with Crippen LogP contribution in [0.5, 0.6) is 0 Å². The lowest BCUT2D eigenvalue weighted by Crippen LogP contribution is -2.40. The molecular formula is C14H27N3O2. The number of carbonyl (C=O) groups excluding carboxylic acids is 1. The Kier molecular flexibility index (Phi) is 4.06. The Labute approximate surface area is 116 Å². The predicted molar refractivity (Wildman–Crippen MR) is 75.2 cm³/mol. The Balaban J connectivity index is 1.66. The van der Waals surface area contributed by atoms with Gasteiger partial charge in [-0.05, 0) is 47.6 Å². The van der Waals surface area contributed by atoms with Crippen LogP contribution in [0.25, 0.3) is 0 Å². The number of alkyl carbamates (subject to hydrolysis) is 1. The van der Waals surface area contributed by atoms with Crippen LogP contribution >= 0.6 is 0 Å². The molecule has 1 saturated carbocycles.